The molecule has 0 bridgehead atoms. The average molecular weight is 222 g/mol. The van der Waals surface area contributed by atoms with Gasteiger partial charge < -0.3 is 5.11 Å². The molecule has 0 spiro atoms. The van der Waals surface area contributed by atoms with Crippen molar-refractivity contribution in [2.45, 2.75) is 59.0 Å². The van der Waals surface area contributed by atoms with E-state index in [-0.39, 0.29) is 0 Å². The van der Waals surface area contributed by atoms with Crippen molar-refractivity contribution in [2.24, 2.45) is 23.7 Å². The van der Waals surface area contributed by atoms with E-state index in [2.05, 4.69) is 26.8 Å². The summed E-state index contributed by atoms with van der Waals surface area (Å²) in [6.07, 6.45) is 6.84. The molecule has 0 aromatic carbocycles. The molecule has 1 N–H and O–H groups in total. The van der Waals surface area contributed by atoms with Gasteiger partial charge in [0.1, 0.15) is 0 Å². The van der Waals surface area contributed by atoms with E-state index in [9.17, 15) is 5.11 Å². The van der Waals surface area contributed by atoms with Crippen LogP contribution in [-0.2, 0) is 0 Å². The molecule has 0 amide bonds. The highest BCUT2D eigenvalue weighted by molar-refractivity contribution is 5.14. The van der Waals surface area contributed by atoms with Crippen LogP contribution in [0.2, 0.25) is 0 Å². The molecule has 92 valence electrons. The van der Waals surface area contributed by atoms with E-state index in [0.717, 1.165) is 30.6 Å². The van der Waals surface area contributed by atoms with Crippen LogP contribution in [0.15, 0.2) is 11.6 Å². The van der Waals surface area contributed by atoms with Gasteiger partial charge in [0, 0.05) is 0 Å². The van der Waals surface area contributed by atoms with Gasteiger partial charge in [-0.3, -0.25) is 0 Å². The van der Waals surface area contributed by atoms with Crippen LogP contribution in [0, 0.1) is 23.7 Å². The number of allylic oxidation sites excluding steroid dienone is 2. The van der Waals surface area contributed by atoms with Crippen molar-refractivity contribution in [3.05, 3.63) is 11.6 Å². The first kappa shape index (κ1) is 12.2. The average Bonchev–Trinajstić information content (AvgIpc) is 2.15. The molecule has 1 heteroatoms. The Balaban J connectivity index is 2.22. The molecule has 2 aliphatic carbocycles. The zero-order valence-electron chi connectivity index (χ0n) is 11.2. The molecule has 1 nitrogen and oxygen atoms in total. The number of rotatable bonds is 1. The lowest BCUT2D eigenvalue weighted by Crippen LogP contribution is -2.42. The maximum absolute atomic E-state index is 10.3. The molecule has 0 aromatic rings. The normalized spacial score (nSPS) is 44.1. The molecule has 0 aliphatic heterocycles. The minimum Gasteiger partial charge on any atom is -0.390 e. The maximum Gasteiger partial charge on any atom is 0.0623 e. The Labute approximate surface area is 99.9 Å². The van der Waals surface area contributed by atoms with Crippen molar-refractivity contribution in [3.8, 4) is 0 Å². The van der Waals surface area contributed by atoms with E-state index in [4.69, 9.17) is 0 Å². The predicted molar refractivity (Wildman–Crippen MR) is 68.2 cm³/mol. The summed E-state index contributed by atoms with van der Waals surface area (Å²) in [5.74, 6) is 2.99. The van der Waals surface area contributed by atoms with Gasteiger partial charge in [-0.05, 0) is 63.2 Å². The van der Waals surface area contributed by atoms with Crippen molar-refractivity contribution in [1.29, 1.82) is 0 Å². The van der Waals surface area contributed by atoms with Gasteiger partial charge in [-0.1, -0.05) is 25.5 Å². The van der Waals surface area contributed by atoms with Gasteiger partial charge in [0.2, 0.25) is 0 Å². The molecule has 0 saturated heterocycles. The zero-order valence-corrected chi connectivity index (χ0v) is 11.2. The summed E-state index contributed by atoms with van der Waals surface area (Å²) in [6, 6.07) is 0. The van der Waals surface area contributed by atoms with Crippen molar-refractivity contribution < 1.29 is 5.11 Å². The van der Waals surface area contributed by atoms with Gasteiger partial charge in [0.25, 0.3) is 0 Å². The lowest BCUT2D eigenvalue weighted by Gasteiger charge is -2.47. The molecular formula is C15H26O. The third-order valence-electron chi connectivity index (χ3n) is 4.89. The molecule has 1 saturated carbocycles. The number of aliphatic hydroxyl groups is 1. The topological polar surface area (TPSA) is 20.2 Å². The fraction of sp³-hybridized carbons (Fsp3) is 0.867. The van der Waals surface area contributed by atoms with Crippen molar-refractivity contribution >= 4 is 0 Å². The summed E-state index contributed by atoms with van der Waals surface area (Å²) in [6.45, 7) is 8.97. The van der Waals surface area contributed by atoms with Crippen LogP contribution in [0.1, 0.15) is 53.4 Å². The second-order valence-electron chi connectivity index (χ2n) is 6.60. The lowest BCUT2D eigenvalue weighted by atomic mass is 9.60. The fourth-order valence-electron chi connectivity index (χ4n) is 3.86. The SMILES string of the molecule is CC1=CC[C@H](C(C)C)[C@H]2C[C@](C)(O)CC[C@H]12. The summed E-state index contributed by atoms with van der Waals surface area (Å²) in [7, 11) is 0. The molecule has 0 unspecified atom stereocenters. The van der Waals surface area contributed by atoms with Gasteiger partial charge in [0.15, 0.2) is 0 Å². The Kier molecular flexibility index (Phi) is 3.18. The van der Waals surface area contributed by atoms with E-state index >= 15 is 0 Å². The summed E-state index contributed by atoms with van der Waals surface area (Å²) in [5.41, 5.74) is 1.17. The van der Waals surface area contributed by atoms with Crippen LogP contribution in [0.3, 0.4) is 0 Å². The first-order chi connectivity index (χ1) is 7.41. The molecule has 0 radical (unpaired) electrons. The first-order valence-corrected chi connectivity index (χ1v) is 6.80. The Morgan fingerprint density at radius 1 is 1.44 bits per heavy atom. The van der Waals surface area contributed by atoms with Crippen molar-refractivity contribution in [1.82, 2.24) is 0 Å². The minimum atomic E-state index is -0.411. The van der Waals surface area contributed by atoms with Gasteiger partial charge in [-0.2, -0.15) is 0 Å². The fourth-order valence-corrected chi connectivity index (χ4v) is 3.86. The van der Waals surface area contributed by atoms with E-state index in [0.29, 0.717) is 5.92 Å². The van der Waals surface area contributed by atoms with Crippen LogP contribution in [0.25, 0.3) is 0 Å². The largest absolute Gasteiger partial charge is 0.390 e. The van der Waals surface area contributed by atoms with E-state index in [1.807, 2.05) is 6.92 Å². The highest BCUT2D eigenvalue weighted by Gasteiger charge is 2.42. The standard InChI is InChI=1S/C15H26O/c1-10(2)12-6-5-11(3)13-7-8-15(4,16)9-14(12)13/h5,10,12-14,16H,6-9H2,1-4H3/t12-,13-,14-,15-/m1/s1. The summed E-state index contributed by atoms with van der Waals surface area (Å²) in [4.78, 5) is 0. The number of hydrogen-bond acceptors (Lipinski definition) is 1. The smallest absolute Gasteiger partial charge is 0.0623 e. The number of fused-ring (bicyclic) bond motifs is 1. The van der Waals surface area contributed by atoms with Crippen LogP contribution < -0.4 is 0 Å². The molecule has 2 rings (SSSR count). The van der Waals surface area contributed by atoms with E-state index in [1.54, 1.807) is 5.57 Å². The van der Waals surface area contributed by atoms with Gasteiger partial charge >= 0.3 is 0 Å². The zero-order chi connectivity index (χ0) is 11.9. The summed E-state index contributed by atoms with van der Waals surface area (Å²) in [5, 5.41) is 10.3. The number of hydrogen-bond donors (Lipinski definition) is 1. The molecule has 1 fully saturated rings. The molecule has 4 atom stereocenters. The highest BCUT2D eigenvalue weighted by atomic mass is 16.3. The van der Waals surface area contributed by atoms with Crippen LogP contribution in [-0.4, -0.2) is 10.7 Å². The molecule has 0 aromatic heterocycles. The van der Waals surface area contributed by atoms with E-state index in [1.165, 1.54) is 12.8 Å². The highest BCUT2D eigenvalue weighted by Crippen LogP contribution is 2.49. The van der Waals surface area contributed by atoms with Gasteiger partial charge in [0.05, 0.1) is 5.60 Å². The van der Waals surface area contributed by atoms with Crippen LogP contribution in [0.5, 0.6) is 0 Å². The second-order valence-corrected chi connectivity index (χ2v) is 6.60. The van der Waals surface area contributed by atoms with Gasteiger partial charge in [-0.25, -0.2) is 0 Å². The quantitative estimate of drug-likeness (QED) is 0.669. The molecule has 16 heavy (non-hydrogen) atoms. The Morgan fingerprint density at radius 2 is 2.12 bits per heavy atom. The molecule has 0 heterocycles. The molecular weight excluding hydrogens is 196 g/mol. The summed E-state index contributed by atoms with van der Waals surface area (Å²) >= 11 is 0. The van der Waals surface area contributed by atoms with Crippen LogP contribution >= 0.6 is 0 Å². The van der Waals surface area contributed by atoms with Gasteiger partial charge in [-0.15, -0.1) is 0 Å². The minimum absolute atomic E-state index is 0.411. The Morgan fingerprint density at radius 3 is 2.75 bits per heavy atom. The van der Waals surface area contributed by atoms with E-state index < -0.39 is 5.60 Å². The van der Waals surface area contributed by atoms with Crippen molar-refractivity contribution in [2.75, 3.05) is 0 Å². The first-order valence-electron chi connectivity index (χ1n) is 6.80. The lowest BCUT2D eigenvalue weighted by molar-refractivity contribution is -0.0370. The maximum atomic E-state index is 10.3. The second kappa shape index (κ2) is 4.18. The monoisotopic (exact) mass is 222 g/mol. The van der Waals surface area contributed by atoms with Crippen molar-refractivity contribution in [3.63, 3.8) is 0 Å². The predicted octanol–water partition coefficient (Wildman–Crippen LogP) is 3.78. The Hall–Kier alpha value is -0.300. The van der Waals surface area contributed by atoms with Crippen LogP contribution in [0.4, 0.5) is 0 Å². The Bertz CT molecular complexity index is 288. The molecule has 2 aliphatic rings. The summed E-state index contributed by atoms with van der Waals surface area (Å²) < 4.78 is 0. The third kappa shape index (κ3) is 2.20. The third-order valence-corrected chi connectivity index (χ3v) is 4.89.